The Morgan fingerprint density at radius 3 is 2.29 bits per heavy atom. The maximum atomic E-state index is 13.7. The number of imidazole rings is 1. The molecule has 0 bridgehead atoms. The number of rotatable bonds is 7. The normalized spacial score (nSPS) is 22.8. The summed E-state index contributed by atoms with van der Waals surface area (Å²) in [6.07, 6.45) is -4.00. The van der Waals surface area contributed by atoms with Crippen LogP contribution in [0, 0.1) is 0 Å². The highest BCUT2D eigenvalue weighted by atomic mass is 16.6. The number of aliphatic hydroxyl groups excluding tert-OH is 3. The summed E-state index contributed by atoms with van der Waals surface area (Å²) in [5.41, 5.74) is 0.0956. The van der Waals surface area contributed by atoms with E-state index in [-0.39, 0.29) is 34.7 Å². The largest absolute Gasteiger partial charge is 0.394 e. The number of ether oxygens (including phenoxy) is 1. The van der Waals surface area contributed by atoms with Crippen molar-refractivity contribution < 1.29 is 34.4 Å². The molecule has 3 amide bonds. The van der Waals surface area contributed by atoms with Gasteiger partial charge in [0.2, 0.25) is 11.9 Å². The van der Waals surface area contributed by atoms with Gasteiger partial charge < -0.3 is 20.1 Å². The molecule has 2 aromatic carbocycles. The molecule has 4 heterocycles. The minimum atomic E-state index is -1.47. The Labute approximate surface area is 230 Å². The van der Waals surface area contributed by atoms with E-state index in [1.807, 2.05) is 0 Å². The van der Waals surface area contributed by atoms with Gasteiger partial charge in [0.05, 0.1) is 24.1 Å². The summed E-state index contributed by atoms with van der Waals surface area (Å²) in [5, 5.41) is 32.5. The lowest BCUT2D eigenvalue weighted by molar-refractivity contribution is -0.120. The van der Waals surface area contributed by atoms with Gasteiger partial charge in [0.25, 0.3) is 17.4 Å². The van der Waals surface area contributed by atoms with E-state index in [1.165, 1.54) is 23.0 Å². The maximum Gasteiger partial charge on any atom is 0.280 e. The Balaban J connectivity index is 1.34. The Morgan fingerprint density at radius 1 is 1.00 bits per heavy atom. The summed E-state index contributed by atoms with van der Waals surface area (Å²) in [6.45, 7) is -0.558. The first-order chi connectivity index (χ1) is 19.8. The van der Waals surface area contributed by atoms with E-state index in [0.29, 0.717) is 5.56 Å². The second-order valence-corrected chi connectivity index (χ2v) is 9.69. The number of fused-ring (bicyclic) bond motifs is 2. The third-order valence-corrected chi connectivity index (χ3v) is 7.18. The second-order valence-electron chi connectivity index (χ2n) is 9.69. The Hall–Kier alpha value is -4.76. The summed E-state index contributed by atoms with van der Waals surface area (Å²) in [5.74, 6) is -2.34. The van der Waals surface area contributed by atoms with Crippen molar-refractivity contribution >= 4 is 34.8 Å². The molecule has 2 aromatic heterocycles. The molecular formula is C27H24N6O8. The average Bonchev–Trinajstić information content (AvgIpc) is 3.60. The van der Waals surface area contributed by atoms with E-state index in [1.54, 1.807) is 42.5 Å². The number of benzene rings is 2. The van der Waals surface area contributed by atoms with Gasteiger partial charge in [0.1, 0.15) is 24.4 Å². The number of carbonyl (C=O) groups excluding carboxylic acids is 3. The van der Waals surface area contributed by atoms with E-state index < -0.39 is 60.5 Å². The number of H-pyrrole nitrogens is 1. The molecule has 0 saturated carbocycles. The fraction of sp³-hybridized carbons (Fsp3) is 0.259. The highest BCUT2D eigenvalue weighted by Crippen LogP contribution is 2.31. The number of nitrogens with zero attached hydrogens (tertiary/aromatic N) is 4. The lowest BCUT2D eigenvalue weighted by atomic mass is 10.0. The number of amides is 3. The fourth-order valence-electron chi connectivity index (χ4n) is 5.11. The van der Waals surface area contributed by atoms with Crippen LogP contribution in [-0.2, 0) is 16.0 Å². The van der Waals surface area contributed by atoms with Gasteiger partial charge >= 0.3 is 0 Å². The van der Waals surface area contributed by atoms with Crippen LogP contribution in [-0.4, -0.2) is 88.4 Å². The predicted octanol–water partition coefficient (Wildman–Crippen LogP) is -0.423. The zero-order valence-electron chi connectivity index (χ0n) is 21.2. The van der Waals surface area contributed by atoms with E-state index in [9.17, 15) is 34.5 Å². The van der Waals surface area contributed by atoms with Crippen LogP contribution < -0.4 is 10.9 Å². The van der Waals surface area contributed by atoms with Crippen LogP contribution in [0.25, 0.3) is 11.2 Å². The van der Waals surface area contributed by atoms with Gasteiger partial charge in [-0.2, -0.15) is 4.98 Å². The zero-order chi connectivity index (χ0) is 28.8. The first-order valence-corrected chi connectivity index (χ1v) is 12.7. The van der Waals surface area contributed by atoms with Gasteiger partial charge in [-0.25, -0.2) is 4.98 Å². The van der Waals surface area contributed by atoms with Gasteiger partial charge in [0, 0.05) is 6.42 Å². The topological polar surface area (TPSA) is 200 Å². The molecule has 6 rings (SSSR count). The van der Waals surface area contributed by atoms with Crippen molar-refractivity contribution in [3.8, 4) is 0 Å². The summed E-state index contributed by atoms with van der Waals surface area (Å²) >= 11 is 0. The molecule has 14 nitrogen and oxygen atoms in total. The van der Waals surface area contributed by atoms with Gasteiger partial charge in [0.15, 0.2) is 17.4 Å². The minimum absolute atomic E-state index is 0.00884. The number of aliphatic hydroxyl groups is 3. The number of hydrogen-bond acceptors (Lipinski definition) is 10. The third kappa shape index (κ3) is 4.48. The molecule has 1 fully saturated rings. The van der Waals surface area contributed by atoms with Gasteiger partial charge in [-0.1, -0.05) is 42.5 Å². The van der Waals surface area contributed by atoms with Gasteiger partial charge in [-0.05, 0) is 17.7 Å². The molecule has 41 heavy (non-hydrogen) atoms. The number of imide groups is 1. The fourth-order valence-corrected chi connectivity index (χ4v) is 5.11. The summed E-state index contributed by atoms with van der Waals surface area (Å²) < 4.78 is 6.73. The van der Waals surface area contributed by atoms with Crippen molar-refractivity contribution in [2.24, 2.45) is 0 Å². The molecule has 5 atom stereocenters. The highest BCUT2D eigenvalue weighted by Gasteiger charge is 2.45. The van der Waals surface area contributed by atoms with Crippen molar-refractivity contribution in [1.82, 2.24) is 24.4 Å². The molecule has 4 aromatic rings. The second kappa shape index (κ2) is 10.3. The molecule has 2 aliphatic heterocycles. The SMILES string of the molecule is O=C(Nc1nc2c(ncn2[C@@H]2O[C@@H](CO)[C@@H](O)[C@@H]2O)c(=O)[nH]1)[C@@H](Cc1ccccc1)N1C(=O)c2ccccc2C1=O. The summed E-state index contributed by atoms with van der Waals surface area (Å²) in [4.78, 5) is 64.6. The minimum Gasteiger partial charge on any atom is -0.394 e. The first kappa shape index (κ1) is 26.5. The van der Waals surface area contributed by atoms with Crippen LogP contribution in [0.4, 0.5) is 5.95 Å². The van der Waals surface area contributed by atoms with E-state index in [0.717, 1.165) is 4.90 Å². The van der Waals surface area contributed by atoms with Crippen molar-refractivity contribution in [2.45, 2.75) is 37.0 Å². The quantitative estimate of drug-likeness (QED) is 0.185. The van der Waals surface area contributed by atoms with Crippen molar-refractivity contribution in [3.63, 3.8) is 0 Å². The van der Waals surface area contributed by atoms with Crippen molar-refractivity contribution in [3.05, 3.63) is 88.0 Å². The third-order valence-electron chi connectivity index (χ3n) is 7.18. The summed E-state index contributed by atoms with van der Waals surface area (Å²) in [6, 6.07) is 13.8. The van der Waals surface area contributed by atoms with Crippen LogP contribution in [0.15, 0.2) is 65.7 Å². The average molecular weight is 561 g/mol. The molecule has 2 aliphatic rings. The Bertz CT molecular complexity index is 1680. The lowest BCUT2D eigenvalue weighted by Crippen LogP contribution is -2.48. The predicted molar refractivity (Wildman–Crippen MR) is 141 cm³/mol. The first-order valence-electron chi connectivity index (χ1n) is 12.7. The van der Waals surface area contributed by atoms with E-state index in [2.05, 4.69) is 20.3 Å². The molecule has 5 N–H and O–H groups in total. The number of carbonyl (C=O) groups is 3. The monoisotopic (exact) mass is 560 g/mol. The van der Waals surface area contributed by atoms with Crippen LogP contribution in [0.1, 0.15) is 32.5 Å². The number of aromatic nitrogens is 4. The maximum absolute atomic E-state index is 13.7. The highest BCUT2D eigenvalue weighted by molar-refractivity contribution is 6.23. The Kier molecular flexibility index (Phi) is 6.67. The Morgan fingerprint density at radius 2 is 1.66 bits per heavy atom. The molecule has 210 valence electrons. The van der Waals surface area contributed by atoms with Gasteiger partial charge in [-0.15, -0.1) is 0 Å². The van der Waals surface area contributed by atoms with E-state index >= 15 is 0 Å². The number of nitrogens with one attached hydrogen (secondary N) is 2. The molecule has 0 radical (unpaired) electrons. The number of hydrogen-bond donors (Lipinski definition) is 5. The van der Waals surface area contributed by atoms with Crippen LogP contribution >= 0.6 is 0 Å². The van der Waals surface area contributed by atoms with Crippen molar-refractivity contribution in [2.75, 3.05) is 11.9 Å². The molecule has 1 saturated heterocycles. The van der Waals surface area contributed by atoms with Gasteiger partial charge in [-0.3, -0.25) is 38.9 Å². The lowest BCUT2D eigenvalue weighted by Gasteiger charge is -2.25. The molecule has 0 aliphatic carbocycles. The van der Waals surface area contributed by atoms with Crippen LogP contribution in [0.3, 0.4) is 0 Å². The van der Waals surface area contributed by atoms with Crippen LogP contribution in [0.2, 0.25) is 0 Å². The molecule has 0 spiro atoms. The molecule has 14 heteroatoms. The molecule has 0 unspecified atom stereocenters. The van der Waals surface area contributed by atoms with Crippen LogP contribution in [0.5, 0.6) is 0 Å². The summed E-state index contributed by atoms with van der Waals surface area (Å²) in [7, 11) is 0. The smallest absolute Gasteiger partial charge is 0.280 e. The standard InChI is InChI=1S/C27H24N6O8/c34-11-17-19(35)20(36)26(41-17)32-12-28-18-21(32)29-27(31-23(18)38)30-22(37)16(10-13-6-2-1-3-7-13)33-24(39)14-8-4-5-9-15(14)25(33)40/h1-9,12,16-17,19-20,26,34-36H,10-11H2,(H2,29,30,31,37,38)/t16-,17+,19-,20+,26-/m1/s1. The molecular weight excluding hydrogens is 536 g/mol. The van der Waals surface area contributed by atoms with Crippen molar-refractivity contribution in [1.29, 1.82) is 0 Å². The zero-order valence-corrected chi connectivity index (χ0v) is 21.2. The van der Waals surface area contributed by atoms with E-state index in [4.69, 9.17) is 4.74 Å². The number of anilines is 1. The number of aromatic amines is 1.